The number of nitrogens with one attached hydrogen (secondary N) is 1. The SMILES string of the molecule is CCCCOCCCNC1CCc2ccc(OC)cc21. The van der Waals surface area contributed by atoms with Gasteiger partial charge < -0.3 is 14.8 Å². The number of ether oxygens (including phenoxy) is 2. The van der Waals surface area contributed by atoms with E-state index in [9.17, 15) is 0 Å². The summed E-state index contributed by atoms with van der Waals surface area (Å²) in [5, 5.41) is 3.64. The molecular weight excluding hydrogens is 250 g/mol. The molecule has 0 spiro atoms. The Labute approximate surface area is 122 Å². The maximum Gasteiger partial charge on any atom is 0.119 e. The Morgan fingerprint density at radius 2 is 2.10 bits per heavy atom. The van der Waals surface area contributed by atoms with Gasteiger partial charge >= 0.3 is 0 Å². The predicted octanol–water partition coefficient (Wildman–Crippen LogP) is 3.48. The zero-order chi connectivity index (χ0) is 14.2. The fourth-order valence-electron chi connectivity index (χ4n) is 2.72. The van der Waals surface area contributed by atoms with Crippen LogP contribution in [0.25, 0.3) is 0 Å². The summed E-state index contributed by atoms with van der Waals surface area (Å²) in [5.41, 5.74) is 2.87. The molecule has 1 aromatic rings. The minimum atomic E-state index is 0.482. The number of hydrogen-bond donors (Lipinski definition) is 1. The van der Waals surface area contributed by atoms with Gasteiger partial charge in [-0.2, -0.15) is 0 Å². The van der Waals surface area contributed by atoms with Crippen molar-refractivity contribution in [2.24, 2.45) is 0 Å². The van der Waals surface area contributed by atoms with E-state index >= 15 is 0 Å². The molecule has 0 saturated heterocycles. The first-order chi connectivity index (χ1) is 9.85. The second-order valence-corrected chi connectivity index (χ2v) is 5.43. The number of unbranched alkanes of at least 4 members (excludes halogenated alkanes) is 1. The molecule has 0 radical (unpaired) electrons. The molecule has 1 N–H and O–H groups in total. The lowest BCUT2D eigenvalue weighted by Gasteiger charge is -2.15. The molecule has 0 amide bonds. The lowest BCUT2D eigenvalue weighted by atomic mass is 10.1. The molecule has 0 aromatic heterocycles. The van der Waals surface area contributed by atoms with E-state index in [2.05, 4.69) is 30.4 Å². The highest BCUT2D eigenvalue weighted by atomic mass is 16.5. The zero-order valence-electron chi connectivity index (χ0n) is 12.8. The summed E-state index contributed by atoms with van der Waals surface area (Å²) in [6.07, 6.45) is 5.82. The van der Waals surface area contributed by atoms with Crippen LogP contribution in [-0.4, -0.2) is 26.9 Å². The van der Waals surface area contributed by atoms with E-state index in [1.807, 2.05) is 0 Å². The van der Waals surface area contributed by atoms with Crippen LogP contribution in [0.1, 0.15) is 49.8 Å². The van der Waals surface area contributed by atoms with E-state index in [4.69, 9.17) is 9.47 Å². The van der Waals surface area contributed by atoms with Crippen molar-refractivity contribution in [3.8, 4) is 5.75 Å². The Morgan fingerprint density at radius 1 is 1.25 bits per heavy atom. The summed E-state index contributed by atoms with van der Waals surface area (Å²) in [6, 6.07) is 6.92. The third-order valence-electron chi connectivity index (χ3n) is 3.93. The first-order valence-electron chi connectivity index (χ1n) is 7.83. The third-order valence-corrected chi connectivity index (χ3v) is 3.93. The highest BCUT2D eigenvalue weighted by Crippen LogP contribution is 2.33. The lowest BCUT2D eigenvalue weighted by Crippen LogP contribution is -2.21. The minimum Gasteiger partial charge on any atom is -0.497 e. The Morgan fingerprint density at radius 3 is 2.90 bits per heavy atom. The van der Waals surface area contributed by atoms with Gasteiger partial charge in [0.25, 0.3) is 0 Å². The first-order valence-corrected chi connectivity index (χ1v) is 7.83. The number of benzene rings is 1. The monoisotopic (exact) mass is 277 g/mol. The van der Waals surface area contributed by atoms with Gasteiger partial charge in [0.2, 0.25) is 0 Å². The molecule has 0 saturated carbocycles. The molecular formula is C17H27NO2. The van der Waals surface area contributed by atoms with Gasteiger partial charge in [-0.25, -0.2) is 0 Å². The normalized spacial score (nSPS) is 17.2. The fraction of sp³-hybridized carbons (Fsp3) is 0.647. The Bertz CT molecular complexity index is 406. The maximum absolute atomic E-state index is 5.58. The van der Waals surface area contributed by atoms with Crippen molar-refractivity contribution < 1.29 is 9.47 Å². The van der Waals surface area contributed by atoms with Crippen LogP contribution >= 0.6 is 0 Å². The molecule has 2 rings (SSSR count). The molecule has 1 aliphatic rings. The maximum atomic E-state index is 5.58. The average Bonchev–Trinajstić information content (AvgIpc) is 2.88. The zero-order valence-corrected chi connectivity index (χ0v) is 12.8. The quantitative estimate of drug-likeness (QED) is 0.701. The van der Waals surface area contributed by atoms with Crippen molar-refractivity contribution >= 4 is 0 Å². The summed E-state index contributed by atoms with van der Waals surface area (Å²) in [4.78, 5) is 0. The summed E-state index contributed by atoms with van der Waals surface area (Å²) >= 11 is 0. The number of fused-ring (bicyclic) bond motifs is 1. The highest BCUT2D eigenvalue weighted by molar-refractivity contribution is 5.40. The minimum absolute atomic E-state index is 0.482. The molecule has 0 bridgehead atoms. The van der Waals surface area contributed by atoms with E-state index < -0.39 is 0 Å². The molecule has 1 atom stereocenters. The van der Waals surface area contributed by atoms with E-state index in [0.717, 1.165) is 31.9 Å². The standard InChI is InChI=1S/C17H27NO2/c1-3-4-11-20-12-5-10-18-17-9-7-14-6-8-15(19-2)13-16(14)17/h6,8,13,17-18H,3-5,7,9-12H2,1-2H3. The van der Waals surface area contributed by atoms with Crippen molar-refractivity contribution in [1.29, 1.82) is 0 Å². The van der Waals surface area contributed by atoms with Crippen LogP contribution in [0, 0.1) is 0 Å². The van der Waals surface area contributed by atoms with Crippen LogP contribution in [0.4, 0.5) is 0 Å². The van der Waals surface area contributed by atoms with Crippen LogP contribution in [0.5, 0.6) is 5.75 Å². The molecule has 1 aliphatic carbocycles. The van der Waals surface area contributed by atoms with Gasteiger partial charge in [-0.05, 0) is 55.5 Å². The lowest BCUT2D eigenvalue weighted by molar-refractivity contribution is 0.128. The Kier molecular flexibility index (Phi) is 6.34. The molecule has 1 aromatic carbocycles. The average molecular weight is 277 g/mol. The van der Waals surface area contributed by atoms with Crippen LogP contribution in [0.3, 0.4) is 0 Å². The van der Waals surface area contributed by atoms with Gasteiger partial charge in [-0.15, -0.1) is 0 Å². The van der Waals surface area contributed by atoms with Crippen molar-refractivity contribution in [3.05, 3.63) is 29.3 Å². The van der Waals surface area contributed by atoms with E-state index in [1.165, 1.54) is 36.8 Å². The largest absolute Gasteiger partial charge is 0.497 e. The third kappa shape index (κ3) is 4.22. The van der Waals surface area contributed by atoms with Crippen LogP contribution in [0.15, 0.2) is 18.2 Å². The van der Waals surface area contributed by atoms with Gasteiger partial charge in [0.05, 0.1) is 7.11 Å². The first kappa shape index (κ1) is 15.3. The van der Waals surface area contributed by atoms with Crippen molar-refractivity contribution in [2.75, 3.05) is 26.9 Å². The van der Waals surface area contributed by atoms with E-state index in [-0.39, 0.29) is 0 Å². The molecule has 0 fully saturated rings. The van der Waals surface area contributed by atoms with Gasteiger partial charge in [0, 0.05) is 19.3 Å². The molecule has 20 heavy (non-hydrogen) atoms. The van der Waals surface area contributed by atoms with Gasteiger partial charge in [-0.3, -0.25) is 0 Å². The second kappa shape index (κ2) is 8.28. The molecule has 3 heteroatoms. The molecule has 0 heterocycles. The molecule has 3 nitrogen and oxygen atoms in total. The van der Waals surface area contributed by atoms with Crippen molar-refractivity contribution in [1.82, 2.24) is 5.32 Å². The molecule has 112 valence electrons. The summed E-state index contributed by atoms with van der Waals surface area (Å²) < 4.78 is 10.9. The van der Waals surface area contributed by atoms with Crippen molar-refractivity contribution in [3.63, 3.8) is 0 Å². The number of methoxy groups -OCH3 is 1. The number of hydrogen-bond acceptors (Lipinski definition) is 3. The smallest absolute Gasteiger partial charge is 0.119 e. The summed E-state index contributed by atoms with van der Waals surface area (Å²) in [6.45, 7) is 4.98. The van der Waals surface area contributed by atoms with Crippen LogP contribution in [0.2, 0.25) is 0 Å². The predicted molar refractivity (Wildman–Crippen MR) is 82.4 cm³/mol. The summed E-state index contributed by atoms with van der Waals surface area (Å²) in [5.74, 6) is 0.959. The Hall–Kier alpha value is -1.06. The van der Waals surface area contributed by atoms with E-state index in [1.54, 1.807) is 7.11 Å². The summed E-state index contributed by atoms with van der Waals surface area (Å²) in [7, 11) is 1.73. The highest BCUT2D eigenvalue weighted by Gasteiger charge is 2.22. The van der Waals surface area contributed by atoms with Crippen LogP contribution in [-0.2, 0) is 11.2 Å². The fourth-order valence-corrected chi connectivity index (χ4v) is 2.72. The van der Waals surface area contributed by atoms with Gasteiger partial charge in [0.1, 0.15) is 5.75 Å². The topological polar surface area (TPSA) is 30.5 Å². The molecule has 1 unspecified atom stereocenters. The van der Waals surface area contributed by atoms with Gasteiger partial charge in [0.15, 0.2) is 0 Å². The second-order valence-electron chi connectivity index (χ2n) is 5.43. The van der Waals surface area contributed by atoms with E-state index in [0.29, 0.717) is 6.04 Å². The molecule has 0 aliphatic heterocycles. The van der Waals surface area contributed by atoms with Gasteiger partial charge in [-0.1, -0.05) is 19.4 Å². The Balaban J connectivity index is 1.71. The van der Waals surface area contributed by atoms with Crippen molar-refractivity contribution in [2.45, 2.75) is 45.1 Å². The number of aryl methyl sites for hydroxylation is 1. The van der Waals surface area contributed by atoms with Crippen LogP contribution < -0.4 is 10.1 Å². The number of rotatable bonds is 9.